The van der Waals surface area contributed by atoms with Crippen molar-refractivity contribution in [2.45, 2.75) is 58.5 Å². The maximum absolute atomic E-state index is 11.3. The van der Waals surface area contributed by atoms with Crippen molar-refractivity contribution < 1.29 is 23.8 Å². The molecule has 2 heterocycles. The second-order valence-corrected chi connectivity index (χ2v) is 9.29. The number of carboxylic acid groups (broad SMARTS) is 1. The van der Waals surface area contributed by atoms with Crippen LogP contribution in [0.4, 0.5) is 0 Å². The van der Waals surface area contributed by atoms with Gasteiger partial charge in [0.25, 0.3) is 0 Å². The Labute approximate surface area is 180 Å². The number of hydrogen-bond donors (Lipinski definition) is 1. The standard InChI is InChI=1S/C23H29NO5S/c1-14-17(24-22(29-14)23(2,3)4)7-6-11-28-18-9-8-15(13-19(27-5)21(25)26)20-16(18)10-12-30-20/h8-10,12,19H,6-7,11,13H2,1-5H3,(H,25,26). The molecule has 3 aromatic rings. The van der Waals surface area contributed by atoms with E-state index in [4.69, 9.17) is 13.9 Å². The number of aryl methyl sites for hydroxylation is 2. The van der Waals surface area contributed by atoms with Crippen molar-refractivity contribution in [3.05, 3.63) is 46.5 Å². The van der Waals surface area contributed by atoms with E-state index in [2.05, 4.69) is 25.8 Å². The fraction of sp³-hybridized carbons (Fsp3) is 0.478. The Morgan fingerprint density at radius 3 is 2.70 bits per heavy atom. The van der Waals surface area contributed by atoms with Gasteiger partial charge in [-0.25, -0.2) is 9.78 Å². The first kappa shape index (κ1) is 22.3. The van der Waals surface area contributed by atoms with E-state index in [1.165, 1.54) is 7.11 Å². The molecule has 1 atom stereocenters. The quantitative estimate of drug-likeness (QED) is 0.472. The fourth-order valence-corrected chi connectivity index (χ4v) is 4.19. The van der Waals surface area contributed by atoms with Crippen LogP contribution in [0.1, 0.15) is 50.1 Å². The summed E-state index contributed by atoms with van der Waals surface area (Å²) < 4.78 is 18.0. The van der Waals surface area contributed by atoms with Crippen molar-refractivity contribution in [3.63, 3.8) is 0 Å². The van der Waals surface area contributed by atoms with Crippen molar-refractivity contribution in [2.24, 2.45) is 0 Å². The minimum absolute atomic E-state index is 0.103. The molecule has 0 aliphatic rings. The van der Waals surface area contributed by atoms with Gasteiger partial charge < -0.3 is 19.0 Å². The minimum atomic E-state index is -0.958. The first-order chi connectivity index (χ1) is 14.2. The van der Waals surface area contributed by atoms with Gasteiger partial charge in [0.15, 0.2) is 12.0 Å². The van der Waals surface area contributed by atoms with Crippen LogP contribution in [-0.4, -0.2) is 35.9 Å². The van der Waals surface area contributed by atoms with Gasteiger partial charge in [-0.05, 0) is 42.8 Å². The average molecular weight is 432 g/mol. The van der Waals surface area contributed by atoms with Crippen LogP contribution < -0.4 is 4.74 Å². The average Bonchev–Trinajstić information content (AvgIpc) is 3.31. The van der Waals surface area contributed by atoms with E-state index in [9.17, 15) is 9.90 Å². The van der Waals surface area contributed by atoms with Crippen molar-refractivity contribution in [2.75, 3.05) is 13.7 Å². The van der Waals surface area contributed by atoms with E-state index >= 15 is 0 Å². The van der Waals surface area contributed by atoms with Crippen LogP contribution in [-0.2, 0) is 27.8 Å². The third-order valence-corrected chi connectivity index (χ3v) is 5.96. The summed E-state index contributed by atoms with van der Waals surface area (Å²) in [6.45, 7) is 8.79. The van der Waals surface area contributed by atoms with Crippen molar-refractivity contribution in [1.82, 2.24) is 4.98 Å². The molecular weight excluding hydrogens is 402 g/mol. The van der Waals surface area contributed by atoms with Crippen LogP contribution >= 0.6 is 11.3 Å². The molecule has 2 aromatic heterocycles. The van der Waals surface area contributed by atoms with Crippen LogP contribution in [0.5, 0.6) is 5.75 Å². The topological polar surface area (TPSA) is 81.8 Å². The summed E-state index contributed by atoms with van der Waals surface area (Å²) in [5, 5.41) is 12.3. The van der Waals surface area contributed by atoms with Crippen LogP contribution in [0, 0.1) is 6.92 Å². The Kier molecular flexibility index (Phi) is 6.83. The van der Waals surface area contributed by atoms with Gasteiger partial charge in [0, 0.05) is 29.0 Å². The first-order valence-electron chi connectivity index (χ1n) is 10.0. The summed E-state index contributed by atoms with van der Waals surface area (Å²) in [5.41, 5.74) is 1.84. The van der Waals surface area contributed by atoms with E-state index in [-0.39, 0.29) is 5.41 Å². The Morgan fingerprint density at radius 2 is 2.07 bits per heavy atom. The maximum Gasteiger partial charge on any atom is 0.333 e. The Hall–Kier alpha value is -2.38. The Morgan fingerprint density at radius 1 is 1.30 bits per heavy atom. The van der Waals surface area contributed by atoms with E-state index in [1.54, 1.807) is 11.3 Å². The number of nitrogens with zero attached hydrogens (tertiary/aromatic N) is 1. The number of carbonyl (C=O) groups is 1. The molecule has 0 amide bonds. The summed E-state index contributed by atoms with van der Waals surface area (Å²) in [6.07, 6.45) is 1.09. The number of fused-ring (bicyclic) bond motifs is 1. The van der Waals surface area contributed by atoms with E-state index in [1.807, 2.05) is 30.5 Å². The van der Waals surface area contributed by atoms with Crippen molar-refractivity contribution in [3.8, 4) is 5.75 Å². The largest absolute Gasteiger partial charge is 0.493 e. The van der Waals surface area contributed by atoms with Crippen molar-refractivity contribution in [1.29, 1.82) is 0 Å². The van der Waals surface area contributed by atoms with Gasteiger partial charge in [-0.3, -0.25) is 0 Å². The Balaban J connectivity index is 1.64. The smallest absolute Gasteiger partial charge is 0.333 e. The van der Waals surface area contributed by atoms with Gasteiger partial charge in [-0.1, -0.05) is 26.8 Å². The number of thiophene rings is 1. The van der Waals surface area contributed by atoms with Gasteiger partial charge in [0.2, 0.25) is 0 Å². The zero-order valence-corrected chi connectivity index (χ0v) is 19.0. The zero-order chi connectivity index (χ0) is 21.9. The molecule has 0 saturated carbocycles. The molecule has 0 aliphatic carbocycles. The molecule has 0 aliphatic heterocycles. The molecule has 7 heteroatoms. The molecule has 0 fully saturated rings. The zero-order valence-electron chi connectivity index (χ0n) is 18.2. The molecule has 0 saturated heterocycles. The predicted molar refractivity (Wildman–Crippen MR) is 118 cm³/mol. The molecule has 1 unspecified atom stereocenters. The van der Waals surface area contributed by atoms with Gasteiger partial charge in [0.05, 0.1) is 12.3 Å². The van der Waals surface area contributed by atoms with Crippen LogP contribution in [0.2, 0.25) is 0 Å². The molecule has 1 aromatic carbocycles. The SMILES string of the molecule is COC(Cc1ccc(OCCCc2nc(C(C)(C)C)oc2C)c2ccsc12)C(=O)O. The number of carboxylic acids is 1. The van der Waals surface area contributed by atoms with E-state index in [0.29, 0.717) is 13.0 Å². The summed E-state index contributed by atoms with van der Waals surface area (Å²) in [7, 11) is 1.42. The van der Waals surface area contributed by atoms with Gasteiger partial charge in [-0.2, -0.15) is 0 Å². The van der Waals surface area contributed by atoms with Crippen LogP contribution in [0.3, 0.4) is 0 Å². The van der Waals surface area contributed by atoms with Gasteiger partial charge in [-0.15, -0.1) is 11.3 Å². The number of ether oxygens (including phenoxy) is 2. The molecule has 162 valence electrons. The highest BCUT2D eigenvalue weighted by molar-refractivity contribution is 7.17. The Bertz CT molecular complexity index is 1010. The number of benzene rings is 1. The monoisotopic (exact) mass is 431 g/mol. The summed E-state index contributed by atoms with van der Waals surface area (Å²) in [5.74, 6) is 1.49. The second kappa shape index (κ2) is 9.18. The third kappa shape index (κ3) is 5.02. The highest BCUT2D eigenvalue weighted by Gasteiger charge is 2.22. The molecular formula is C23H29NO5S. The lowest BCUT2D eigenvalue weighted by molar-refractivity contribution is -0.148. The van der Waals surface area contributed by atoms with Crippen molar-refractivity contribution >= 4 is 27.4 Å². The van der Waals surface area contributed by atoms with Crippen LogP contribution in [0.15, 0.2) is 28.0 Å². The van der Waals surface area contributed by atoms with E-state index < -0.39 is 12.1 Å². The first-order valence-corrected chi connectivity index (χ1v) is 10.9. The molecule has 0 radical (unpaired) electrons. The highest BCUT2D eigenvalue weighted by atomic mass is 32.1. The molecule has 0 bridgehead atoms. The highest BCUT2D eigenvalue weighted by Crippen LogP contribution is 2.34. The lowest BCUT2D eigenvalue weighted by Crippen LogP contribution is -2.24. The molecule has 6 nitrogen and oxygen atoms in total. The molecule has 1 N–H and O–H groups in total. The number of hydrogen-bond acceptors (Lipinski definition) is 6. The predicted octanol–water partition coefficient (Wildman–Crippen LogP) is 5.15. The van der Waals surface area contributed by atoms with E-state index in [0.717, 1.165) is 51.6 Å². The van der Waals surface area contributed by atoms with Gasteiger partial charge >= 0.3 is 5.97 Å². The molecule has 30 heavy (non-hydrogen) atoms. The number of rotatable bonds is 9. The maximum atomic E-state index is 11.3. The number of oxazole rings is 1. The normalized spacial score (nSPS) is 13.0. The lowest BCUT2D eigenvalue weighted by atomic mass is 9.97. The number of aliphatic carboxylic acids is 1. The molecule has 0 spiro atoms. The number of methoxy groups -OCH3 is 1. The molecule has 3 rings (SSSR count). The van der Waals surface area contributed by atoms with Crippen LogP contribution in [0.25, 0.3) is 10.1 Å². The summed E-state index contributed by atoms with van der Waals surface area (Å²) >= 11 is 1.58. The minimum Gasteiger partial charge on any atom is -0.493 e. The second-order valence-electron chi connectivity index (χ2n) is 8.38. The summed E-state index contributed by atoms with van der Waals surface area (Å²) in [6, 6.07) is 5.86. The van der Waals surface area contributed by atoms with Gasteiger partial charge in [0.1, 0.15) is 11.5 Å². The summed E-state index contributed by atoms with van der Waals surface area (Å²) in [4.78, 5) is 15.9. The fourth-order valence-electron chi connectivity index (χ4n) is 3.25. The number of aromatic nitrogens is 1. The lowest BCUT2D eigenvalue weighted by Gasteiger charge is -2.13. The third-order valence-electron chi connectivity index (χ3n) is 4.97.